The predicted molar refractivity (Wildman–Crippen MR) is 91.3 cm³/mol. The number of hydrogen-bond acceptors (Lipinski definition) is 6. The Labute approximate surface area is 148 Å². The van der Waals surface area contributed by atoms with E-state index in [0.717, 1.165) is 11.3 Å². The minimum atomic E-state index is -0.704. The highest BCUT2D eigenvalue weighted by Crippen LogP contribution is 2.39. The smallest absolute Gasteiger partial charge is 0.186 e. The van der Waals surface area contributed by atoms with Crippen LogP contribution in [0.4, 0.5) is 0 Å². The fraction of sp³-hybridized carbons (Fsp3) is 0.579. The summed E-state index contributed by atoms with van der Waals surface area (Å²) in [6, 6.07) is 7.73. The number of benzene rings is 1. The molecule has 3 rings (SSSR count). The molecule has 5 atom stereocenters. The van der Waals surface area contributed by atoms with E-state index in [0.29, 0.717) is 6.61 Å². The van der Waals surface area contributed by atoms with Crippen molar-refractivity contribution in [3.05, 3.63) is 42.5 Å². The second-order valence-corrected chi connectivity index (χ2v) is 6.63. The van der Waals surface area contributed by atoms with Crippen molar-refractivity contribution < 1.29 is 28.4 Å². The van der Waals surface area contributed by atoms with Gasteiger partial charge in [0, 0.05) is 7.11 Å². The van der Waals surface area contributed by atoms with Crippen molar-refractivity contribution in [1.82, 2.24) is 0 Å². The third kappa shape index (κ3) is 3.88. The summed E-state index contributed by atoms with van der Waals surface area (Å²) in [7, 11) is 3.24. The van der Waals surface area contributed by atoms with E-state index in [9.17, 15) is 0 Å². The van der Waals surface area contributed by atoms with Crippen molar-refractivity contribution >= 4 is 0 Å². The molecule has 0 saturated carbocycles. The Kier molecular flexibility index (Phi) is 5.46. The average molecular weight is 350 g/mol. The Balaban J connectivity index is 1.73. The standard InChI is InChI=1S/C19H26O6/c1-6-14-15-16(25-19(2,3)24-15)17(18(21-5)23-14)22-11-12-7-9-13(20-4)10-8-12/h6-10,14-18H,1,11H2,2-5H3/t14-,15-,16-,17+,18+/m1/s1. The Bertz CT molecular complexity index is 584. The molecule has 0 unspecified atom stereocenters. The molecule has 2 saturated heterocycles. The molecule has 0 spiro atoms. The van der Waals surface area contributed by atoms with Gasteiger partial charge in [0.1, 0.15) is 30.2 Å². The highest BCUT2D eigenvalue weighted by atomic mass is 16.8. The van der Waals surface area contributed by atoms with Crippen LogP contribution in [-0.4, -0.2) is 50.7 Å². The first-order valence-electron chi connectivity index (χ1n) is 8.38. The van der Waals surface area contributed by atoms with Crippen molar-refractivity contribution in [3.8, 4) is 5.75 Å². The molecule has 2 fully saturated rings. The van der Waals surface area contributed by atoms with Crippen LogP contribution in [0.2, 0.25) is 0 Å². The van der Waals surface area contributed by atoms with E-state index in [-0.39, 0.29) is 18.3 Å². The number of fused-ring (bicyclic) bond motifs is 1. The minimum absolute atomic E-state index is 0.278. The third-order valence-corrected chi connectivity index (χ3v) is 4.44. The van der Waals surface area contributed by atoms with Crippen LogP contribution < -0.4 is 4.74 Å². The van der Waals surface area contributed by atoms with Gasteiger partial charge in [0.2, 0.25) is 0 Å². The second-order valence-electron chi connectivity index (χ2n) is 6.63. The van der Waals surface area contributed by atoms with Crippen molar-refractivity contribution in [2.45, 2.75) is 56.9 Å². The lowest BCUT2D eigenvalue weighted by atomic mass is 9.98. The molecular formula is C19H26O6. The van der Waals surface area contributed by atoms with Crippen LogP contribution >= 0.6 is 0 Å². The van der Waals surface area contributed by atoms with Gasteiger partial charge in [-0.05, 0) is 31.5 Å². The number of hydrogen-bond donors (Lipinski definition) is 0. The summed E-state index contributed by atoms with van der Waals surface area (Å²) >= 11 is 0. The molecule has 2 aliphatic rings. The van der Waals surface area contributed by atoms with Gasteiger partial charge < -0.3 is 28.4 Å². The summed E-state index contributed by atoms with van der Waals surface area (Å²) in [5.41, 5.74) is 1.02. The van der Waals surface area contributed by atoms with Crippen LogP contribution in [-0.2, 0) is 30.3 Å². The Morgan fingerprint density at radius 3 is 2.40 bits per heavy atom. The van der Waals surface area contributed by atoms with Crippen molar-refractivity contribution in [3.63, 3.8) is 0 Å². The third-order valence-electron chi connectivity index (χ3n) is 4.44. The minimum Gasteiger partial charge on any atom is -0.497 e. The Morgan fingerprint density at radius 1 is 1.12 bits per heavy atom. The molecule has 0 aliphatic carbocycles. The van der Waals surface area contributed by atoms with E-state index in [1.54, 1.807) is 20.3 Å². The summed E-state index contributed by atoms with van der Waals surface area (Å²) < 4.78 is 34.8. The lowest BCUT2D eigenvalue weighted by Crippen LogP contribution is -2.57. The predicted octanol–water partition coefficient (Wildman–Crippen LogP) is 2.66. The zero-order chi connectivity index (χ0) is 18.0. The van der Waals surface area contributed by atoms with Crippen molar-refractivity contribution in [2.24, 2.45) is 0 Å². The highest BCUT2D eigenvalue weighted by molar-refractivity contribution is 5.26. The van der Waals surface area contributed by atoms with E-state index >= 15 is 0 Å². The summed E-state index contributed by atoms with van der Waals surface area (Å²) in [4.78, 5) is 0. The van der Waals surface area contributed by atoms with Gasteiger partial charge in [0.15, 0.2) is 12.1 Å². The summed E-state index contributed by atoms with van der Waals surface area (Å²) in [6.45, 7) is 8.00. The van der Waals surface area contributed by atoms with Crippen LogP contribution in [0.1, 0.15) is 19.4 Å². The topological polar surface area (TPSA) is 55.4 Å². The fourth-order valence-corrected chi connectivity index (χ4v) is 3.26. The molecule has 1 aromatic rings. The van der Waals surface area contributed by atoms with E-state index in [2.05, 4.69) is 6.58 Å². The fourth-order valence-electron chi connectivity index (χ4n) is 3.26. The van der Waals surface area contributed by atoms with Crippen LogP contribution in [0.25, 0.3) is 0 Å². The van der Waals surface area contributed by atoms with Gasteiger partial charge in [-0.15, -0.1) is 6.58 Å². The SMILES string of the molecule is C=C[C@H]1O[C@H](OC)[C@@H](OCc2ccc(OC)cc2)[C@@H]2OC(C)(C)O[C@@H]21. The highest BCUT2D eigenvalue weighted by Gasteiger charge is 2.55. The zero-order valence-corrected chi connectivity index (χ0v) is 15.1. The Hall–Kier alpha value is -1.44. The first-order chi connectivity index (χ1) is 12.0. The normalized spacial score (nSPS) is 33.7. The zero-order valence-electron chi connectivity index (χ0n) is 15.1. The molecule has 25 heavy (non-hydrogen) atoms. The molecule has 0 radical (unpaired) electrons. The van der Waals surface area contributed by atoms with Crippen molar-refractivity contribution in [1.29, 1.82) is 0 Å². The maximum Gasteiger partial charge on any atom is 0.186 e. The lowest BCUT2D eigenvalue weighted by Gasteiger charge is -2.40. The summed E-state index contributed by atoms with van der Waals surface area (Å²) in [6.07, 6.45) is -0.129. The van der Waals surface area contributed by atoms with E-state index in [1.807, 2.05) is 38.1 Å². The van der Waals surface area contributed by atoms with Crippen LogP contribution in [0.3, 0.4) is 0 Å². The number of rotatable bonds is 6. The molecule has 6 heteroatoms. The van der Waals surface area contributed by atoms with Crippen molar-refractivity contribution in [2.75, 3.05) is 14.2 Å². The van der Waals surface area contributed by atoms with Gasteiger partial charge in [-0.1, -0.05) is 18.2 Å². The molecule has 2 aliphatic heterocycles. The maximum absolute atomic E-state index is 6.12. The monoisotopic (exact) mass is 350 g/mol. The van der Waals surface area contributed by atoms with Crippen LogP contribution in [0.5, 0.6) is 5.75 Å². The van der Waals surface area contributed by atoms with Gasteiger partial charge >= 0.3 is 0 Å². The first kappa shape index (κ1) is 18.4. The molecule has 0 aromatic heterocycles. The number of ether oxygens (including phenoxy) is 6. The molecule has 0 N–H and O–H groups in total. The molecule has 1 aromatic carbocycles. The molecule has 0 amide bonds. The lowest BCUT2D eigenvalue weighted by molar-refractivity contribution is -0.273. The quantitative estimate of drug-likeness (QED) is 0.735. The van der Waals surface area contributed by atoms with Gasteiger partial charge in [-0.2, -0.15) is 0 Å². The van der Waals surface area contributed by atoms with Gasteiger partial charge in [0.25, 0.3) is 0 Å². The molecule has 2 heterocycles. The van der Waals surface area contributed by atoms with E-state index in [1.165, 1.54) is 0 Å². The molecule has 0 bridgehead atoms. The molecule has 138 valence electrons. The molecule has 6 nitrogen and oxygen atoms in total. The van der Waals surface area contributed by atoms with Gasteiger partial charge in [-0.3, -0.25) is 0 Å². The largest absolute Gasteiger partial charge is 0.497 e. The molecular weight excluding hydrogens is 324 g/mol. The van der Waals surface area contributed by atoms with E-state index in [4.69, 9.17) is 28.4 Å². The number of methoxy groups -OCH3 is 2. The maximum atomic E-state index is 6.12. The summed E-state index contributed by atoms with van der Waals surface area (Å²) in [5.74, 6) is 0.104. The van der Waals surface area contributed by atoms with Gasteiger partial charge in [0.05, 0.1) is 13.7 Å². The van der Waals surface area contributed by atoms with E-state index < -0.39 is 18.2 Å². The first-order valence-corrected chi connectivity index (χ1v) is 8.38. The van der Waals surface area contributed by atoms with Crippen LogP contribution in [0, 0.1) is 0 Å². The van der Waals surface area contributed by atoms with Crippen LogP contribution in [0.15, 0.2) is 36.9 Å². The van der Waals surface area contributed by atoms with Gasteiger partial charge in [-0.25, -0.2) is 0 Å². The summed E-state index contributed by atoms with van der Waals surface area (Å²) in [5, 5.41) is 0. The average Bonchev–Trinajstić information content (AvgIpc) is 2.94. The second kappa shape index (κ2) is 7.43. The Morgan fingerprint density at radius 2 is 1.80 bits per heavy atom.